The molecule has 6 N–H and O–H groups in total. The number of hydrogen-bond donors (Lipinski definition) is 6. The predicted octanol–water partition coefficient (Wildman–Crippen LogP) is 6.83. The zero-order valence-corrected chi connectivity index (χ0v) is 29.2. The van der Waals surface area contributed by atoms with E-state index in [2.05, 4.69) is 46.0 Å². The maximum Gasteiger partial charge on any atom is 0.335 e. The smallest absolute Gasteiger partial charge is 0.335 e. The summed E-state index contributed by atoms with van der Waals surface area (Å²) in [4.78, 5) is 61.5. The van der Waals surface area contributed by atoms with Crippen molar-refractivity contribution in [2.45, 2.75) is 0 Å². The molecular formula is C36H30N10O10. The van der Waals surface area contributed by atoms with Crippen molar-refractivity contribution in [3.8, 4) is 5.75 Å². The molecule has 5 aromatic rings. The number of ether oxygens (including phenoxy) is 2. The Hall–Kier alpha value is -7.87. The van der Waals surface area contributed by atoms with Crippen LogP contribution in [0.1, 0.15) is 41.4 Å². The van der Waals surface area contributed by atoms with Crippen LogP contribution in [0.25, 0.3) is 0 Å². The van der Waals surface area contributed by atoms with Crippen molar-refractivity contribution < 1.29 is 49.1 Å². The first kappa shape index (κ1) is 37.9. The van der Waals surface area contributed by atoms with Crippen molar-refractivity contribution >= 4 is 75.8 Å². The Labute approximate surface area is 315 Å². The molecule has 1 saturated heterocycles. The Morgan fingerprint density at radius 1 is 0.607 bits per heavy atom. The second-order valence-corrected chi connectivity index (χ2v) is 11.7. The lowest BCUT2D eigenvalue weighted by molar-refractivity contribution is 0.0676. The second kappa shape index (κ2) is 16.9. The van der Waals surface area contributed by atoms with Gasteiger partial charge < -0.3 is 45.4 Å². The van der Waals surface area contributed by atoms with E-state index < -0.39 is 23.9 Å². The van der Waals surface area contributed by atoms with Crippen molar-refractivity contribution in [1.29, 1.82) is 0 Å². The highest BCUT2D eigenvalue weighted by Crippen LogP contribution is 2.33. The molecule has 1 aliphatic heterocycles. The van der Waals surface area contributed by atoms with Crippen molar-refractivity contribution in [3.05, 3.63) is 101 Å². The minimum absolute atomic E-state index is 0.0303. The average molecular weight is 763 g/mol. The largest absolute Gasteiger partial charge is 0.494 e. The van der Waals surface area contributed by atoms with E-state index in [0.29, 0.717) is 60.8 Å². The van der Waals surface area contributed by atoms with Gasteiger partial charge in [-0.3, -0.25) is 0 Å². The molecule has 20 nitrogen and oxygen atoms in total. The Morgan fingerprint density at radius 2 is 1.07 bits per heavy atom. The molecule has 0 saturated carbocycles. The molecule has 0 atom stereocenters. The summed E-state index contributed by atoms with van der Waals surface area (Å²) < 4.78 is 11.1. The fourth-order valence-corrected chi connectivity index (χ4v) is 5.15. The van der Waals surface area contributed by atoms with E-state index >= 15 is 0 Å². The molecule has 0 unspecified atom stereocenters. The third-order valence-electron chi connectivity index (χ3n) is 7.86. The molecule has 284 valence electrons. The van der Waals surface area contributed by atoms with Crippen molar-refractivity contribution in [2.75, 3.05) is 48.9 Å². The molecule has 1 fully saturated rings. The van der Waals surface area contributed by atoms with Crippen LogP contribution in [0.3, 0.4) is 0 Å². The Morgan fingerprint density at radius 3 is 1.57 bits per heavy atom. The first-order chi connectivity index (χ1) is 26.9. The van der Waals surface area contributed by atoms with Crippen LogP contribution in [0, 0.1) is 0 Å². The molecule has 0 spiro atoms. The van der Waals surface area contributed by atoms with Crippen LogP contribution in [0.5, 0.6) is 5.75 Å². The number of rotatable bonds is 14. The summed E-state index contributed by atoms with van der Waals surface area (Å²) >= 11 is 0. The van der Waals surface area contributed by atoms with Gasteiger partial charge in [0.2, 0.25) is 17.8 Å². The summed E-state index contributed by atoms with van der Waals surface area (Å²) in [6, 6.07) is 18.3. The highest BCUT2D eigenvalue weighted by Gasteiger charge is 2.18. The van der Waals surface area contributed by atoms with Gasteiger partial charge in [0, 0.05) is 24.8 Å². The first-order valence-corrected chi connectivity index (χ1v) is 16.4. The van der Waals surface area contributed by atoms with E-state index in [1.54, 1.807) is 42.5 Å². The molecule has 0 amide bonds. The number of methoxy groups -OCH3 is 1. The van der Waals surface area contributed by atoms with Gasteiger partial charge in [0.15, 0.2) is 0 Å². The van der Waals surface area contributed by atoms with Gasteiger partial charge in [-0.15, -0.1) is 0 Å². The number of aromatic carboxylic acids is 4. The zero-order valence-electron chi connectivity index (χ0n) is 29.2. The van der Waals surface area contributed by atoms with E-state index in [9.17, 15) is 39.6 Å². The third kappa shape index (κ3) is 9.56. The molecule has 6 rings (SSSR count). The second-order valence-electron chi connectivity index (χ2n) is 11.7. The number of nitrogens with zero attached hydrogens (tertiary/aromatic N) is 8. The lowest BCUT2D eigenvalue weighted by Gasteiger charge is -2.27. The highest BCUT2D eigenvalue weighted by atomic mass is 16.5. The predicted molar refractivity (Wildman–Crippen MR) is 198 cm³/mol. The monoisotopic (exact) mass is 762 g/mol. The molecule has 1 aliphatic rings. The van der Waals surface area contributed by atoms with Crippen molar-refractivity contribution in [3.63, 3.8) is 0 Å². The summed E-state index contributed by atoms with van der Waals surface area (Å²) in [6.07, 6.45) is 0. The van der Waals surface area contributed by atoms with E-state index in [-0.39, 0.29) is 45.5 Å². The van der Waals surface area contributed by atoms with Crippen LogP contribution in [-0.2, 0) is 4.74 Å². The topological polar surface area (TPSA) is 283 Å². The normalized spacial score (nSPS) is 12.8. The molecule has 56 heavy (non-hydrogen) atoms. The van der Waals surface area contributed by atoms with Crippen LogP contribution in [0.15, 0.2) is 99.3 Å². The summed E-state index contributed by atoms with van der Waals surface area (Å²) in [6.45, 7) is 2.04. The standard InChI is InChI=1S/C36H30N10O10/c1-55-29-18-25(43-45-27-16-21(32(51)52)13-22(17-27)33(53)54)6-7-28(29)38-35-39-34(40-36(41-35)46-8-10-56-11-9-46)37-23-2-4-24(5-3-23)42-44-26-14-19(30(47)48)12-20(15-26)31(49)50/h2-7,12-18H,8-11H2,1H3,(H,47,48)(H,49,50)(H,51,52)(H,53,54)(H2,37,38,39,40,41). The molecule has 0 aliphatic carbocycles. The van der Waals surface area contributed by atoms with Gasteiger partial charge in [0.1, 0.15) is 5.75 Å². The maximum atomic E-state index is 11.5. The minimum Gasteiger partial charge on any atom is -0.494 e. The van der Waals surface area contributed by atoms with Crippen molar-refractivity contribution in [2.24, 2.45) is 20.5 Å². The number of carboxylic acid groups (broad SMARTS) is 4. The number of aromatic nitrogens is 3. The lowest BCUT2D eigenvalue weighted by Crippen LogP contribution is -2.37. The zero-order chi connectivity index (χ0) is 39.8. The van der Waals surface area contributed by atoms with Gasteiger partial charge in [-0.05, 0) is 72.8 Å². The number of carboxylic acids is 4. The van der Waals surface area contributed by atoms with Crippen LogP contribution < -0.4 is 20.3 Å². The van der Waals surface area contributed by atoms with Crippen LogP contribution in [0.2, 0.25) is 0 Å². The van der Waals surface area contributed by atoms with E-state index in [1.807, 2.05) is 4.90 Å². The summed E-state index contributed by atoms with van der Waals surface area (Å²) in [5.74, 6) is -4.16. The van der Waals surface area contributed by atoms with Crippen molar-refractivity contribution in [1.82, 2.24) is 15.0 Å². The number of anilines is 5. The average Bonchev–Trinajstić information content (AvgIpc) is 3.20. The van der Waals surface area contributed by atoms with Crippen LogP contribution in [-0.4, -0.2) is 92.7 Å². The number of nitrogens with one attached hydrogen (secondary N) is 2. The van der Waals surface area contributed by atoms with Crippen LogP contribution >= 0.6 is 0 Å². The van der Waals surface area contributed by atoms with Gasteiger partial charge in [-0.25, -0.2) is 19.2 Å². The SMILES string of the molecule is COc1cc(N=Nc2cc(C(=O)O)cc(C(=O)O)c2)ccc1Nc1nc(Nc2ccc(N=Nc3cc(C(=O)O)cc(C(=O)O)c3)cc2)nc(N2CCOCC2)n1. The van der Waals surface area contributed by atoms with Gasteiger partial charge in [-0.1, -0.05) is 0 Å². The maximum absolute atomic E-state index is 11.5. The quantitative estimate of drug-likeness (QED) is 0.0632. The molecule has 2 heterocycles. The number of hydrogen-bond acceptors (Lipinski definition) is 16. The number of benzene rings is 4. The van der Waals surface area contributed by atoms with E-state index in [4.69, 9.17) is 9.47 Å². The Kier molecular flexibility index (Phi) is 11.4. The molecular weight excluding hydrogens is 732 g/mol. The number of carbonyl (C=O) groups is 4. The molecule has 1 aromatic heterocycles. The lowest BCUT2D eigenvalue weighted by atomic mass is 10.1. The third-order valence-corrected chi connectivity index (χ3v) is 7.86. The summed E-state index contributed by atoms with van der Waals surface area (Å²) in [5, 5.41) is 59.9. The van der Waals surface area contributed by atoms with Crippen LogP contribution in [0.4, 0.5) is 52.0 Å². The minimum atomic E-state index is -1.31. The van der Waals surface area contributed by atoms with Gasteiger partial charge in [-0.2, -0.15) is 35.4 Å². The fraction of sp³-hybridized carbons (Fsp3) is 0.139. The molecule has 20 heteroatoms. The number of azo groups is 2. The number of morpholine rings is 1. The molecule has 0 radical (unpaired) electrons. The van der Waals surface area contributed by atoms with Gasteiger partial charge in [0.25, 0.3) is 0 Å². The summed E-state index contributed by atoms with van der Waals surface area (Å²) in [7, 11) is 1.44. The van der Waals surface area contributed by atoms with E-state index in [0.717, 1.165) is 12.1 Å². The molecule has 4 aromatic carbocycles. The Bertz CT molecular complexity index is 2320. The molecule has 0 bridgehead atoms. The Balaban J connectivity index is 1.22. The first-order valence-electron chi connectivity index (χ1n) is 16.4. The van der Waals surface area contributed by atoms with Gasteiger partial charge >= 0.3 is 23.9 Å². The highest BCUT2D eigenvalue weighted by molar-refractivity contribution is 5.96. The van der Waals surface area contributed by atoms with Gasteiger partial charge in [0.05, 0.1) is 71.0 Å². The van der Waals surface area contributed by atoms with E-state index in [1.165, 1.54) is 31.4 Å². The summed E-state index contributed by atoms with van der Waals surface area (Å²) in [5.41, 5.74) is 0.858. The fourth-order valence-electron chi connectivity index (χ4n) is 5.15.